The van der Waals surface area contributed by atoms with Crippen molar-refractivity contribution >= 4 is 22.9 Å². The van der Waals surface area contributed by atoms with Crippen molar-refractivity contribution in [2.45, 2.75) is 78.6 Å². The van der Waals surface area contributed by atoms with E-state index in [9.17, 15) is 4.79 Å². The number of rotatable bonds is 4. The number of fused-ring (bicyclic) bond motifs is 1. The molecular weight excluding hydrogens is 388 g/mol. The van der Waals surface area contributed by atoms with Crippen molar-refractivity contribution in [2.75, 3.05) is 6.26 Å². The Kier molecular flexibility index (Phi) is 6.95. The first kappa shape index (κ1) is 23.5. The normalized spacial score (nSPS) is 18.8. The minimum atomic E-state index is -0.785. The van der Waals surface area contributed by atoms with Gasteiger partial charge in [0.05, 0.1) is 5.04 Å². The maximum absolute atomic E-state index is 12.1. The lowest BCUT2D eigenvalue weighted by Gasteiger charge is -2.47. The summed E-state index contributed by atoms with van der Waals surface area (Å²) in [5, 5.41) is 8.56. The highest BCUT2D eigenvalue weighted by atomic mass is 32.2. The Morgan fingerprint density at radius 1 is 1.21 bits per heavy atom. The van der Waals surface area contributed by atoms with Crippen molar-refractivity contribution in [3.05, 3.63) is 29.3 Å². The predicted octanol–water partition coefficient (Wildman–Crippen LogP) is 5.33. The van der Waals surface area contributed by atoms with Crippen LogP contribution >= 0.6 is 11.8 Å². The highest BCUT2D eigenvalue weighted by molar-refractivity contribution is 8.13. The van der Waals surface area contributed by atoms with E-state index in [2.05, 4.69) is 26.3 Å². The van der Waals surface area contributed by atoms with Gasteiger partial charge in [-0.1, -0.05) is 20.8 Å². The molecule has 2 atom stereocenters. The molecule has 0 aromatic heterocycles. The van der Waals surface area contributed by atoms with Crippen molar-refractivity contribution < 1.29 is 19.1 Å². The third-order valence-corrected chi connectivity index (χ3v) is 5.96. The predicted molar refractivity (Wildman–Crippen MR) is 118 cm³/mol. The second kappa shape index (κ2) is 8.56. The van der Waals surface area contributed by atoms with Crippen molar-refractivity contribution in [2.24, 2.45) is 5.41 Å². The maximum Gasteiger partial charge on any atom is 0.431 e. The van der Waals surface area contributed by atoms with Gasteiger partial charge in [-0.2, -0.15) is 5.48 Å². The molecule has 0 aliphatic carbocycles. The first-order valence-corrected chi connectivity index (χ1v) is 11.1. The van der Waals surface area contributed by atoms with Gasteiger partial charge in [-0.3, -0.25) is 10.2 Å². The molecule has 1 aromatic carbocycles. The van der Waals surface area contributed by atoms with Crippen molar-refractivity contribution in [1.82, 2.24) is 5.48 Å². The third-order valence-electron chi connectivity index (χ3n) is 5.32. The zero-order valence-electron chi connectivity index (χ0n) is 18.8. The van der Waals surface area contributed by atoms with Crippen molar-refractivity contribution in [3.63, 3.8) is 0 Å². The molecule has 0 bridgehead atoms. The van der Waals surface area contributed by atoms with Crippen LogP contribution in [0.2, 0.25) is 0 Å². The fraction of sp³-hybridized carbons (Fsp3) is 0.636. The quantitative estimate of drug-likeness (QED) is 0.389. The van der Waals surface area contributed by atoms with Gasteiger partial charge in [-0.25, -0.2) is 4.79 Å². The van der Waals surface area contributed by atoms with Crippen LogP contribution in [-0.2, 0) is 16.0 Å². The number of carbonyl (C=O) groups excluding carboxylic acids is 1. The first-order chi connectivity index (χ1) is 13.3. The Balaban J connectivity index is 2.19. The van der Waals surface area contributed by atoms with Gasteiger partial charge in [0.1, 0.15) is 23.1 Å². The lowest BCUT2D eigenvalue weighted by atomic mass is 9.72. The summed E-state index contributed by atoms with van der Waals surface area (Å²) < 4.78 is 11.6. The number of aryl methyl sites for hydroxylation is 1. The van der Waals surface area contributed by atoms with Crippen molar-refractivity contribution in [1.29, 1.82) is 5.41 Å². The Labute approximate surface area is 178 Å². The van der Waals surface area contributed by atoms with Crippen LogP contribution in [0.5, 0.6) is 5.75 Å². The summed E-state index contributed by atoms with van der Waals surface area (Å²) in [5.74, 6) is 0.801. The molecular formula is C22H34N2O4S. The fourth-order valence-electron chi connectivity index (χ4n) is 3.18. The molecule has 2 N–H and O–H groups in total. The van der Waals surface area contributed by atoms with Gasteiger partial charge in [0.2, 0.25) is 0 Å². The van der Waals surface area contributed by atoms with Crippen LogP contribution in [0.3, 0.4) is 0 Å². The molecule has 1 aliphatic rings. The molecule has 6 nitrogen and oxygen atoms in total. The molecule has 1 amide bonds. The van der Waals surface area contributed by atoms with Gasteiger partial charge >= 0.3 is 6.09 Å². The van der Waals surface area contributed by atoms with Crippen LogP contribution in [0.4, 0.5) is 4.79 Å². The van der Waals surface area contributed by atoms with Crippen LogP contribution < -0.4 is 10.2 Å². The summed E-state index contributed by atoms with van der Waals surface area (Å²) in [6.07, 6.45) is 2.59. The number of benzene rings is 1. The summed E-state index contributed by atoms with van der Waals surface area (Å²) in [6.45, 7) is 13.6. The van der Waals surface area contributed by atoms with E-state index in [0.29, 0.717) is 5.04 Å². The van der Waals surface area contributed by atoms with E-state index in [-0.39, 0.29) is 11.5 Å². The molecule has 2 rings (SSSR count). The molecule has 0 saturated carbocycles. The Bertz CT molecular complexity index is 767. The second-order valence-corrected chi connectivity index (χ2v) is 10.4. The Morgan fingerprint density at radius 3 is 2.41 bits per heavy atom. The van der Waals surface area contributed by atoms with E-state index < -0.39 is 17.3 Å². The highest BCUT2D eigenvalue weighted by Gasteiger charge is 2.49. The molecule has 0 saturated heterocycles. The van der Waals surface area contributed by atoms with Crippen LogP contribution in [0.25, 0.3) is 0 Å². The molecule has 162 valence electrons. The average Bonchev–Trinajstić information content (AvgIpc) is 2.62. The number of carbonyl (C=O) groups is 1. The molecule has 0 unspecified atom stereocenters. The average molecular weight is 423 g/mol. The first-order valence-electron chi connectivity index (χ1n) is 9.86. The molecule has 1 heterocycles. The largest absolute Gasteiger partial charge is 0.487 e. The molecule has 7 heteroatoms. The smallest absolute Gasteiger partial charge is 0.431 e. The van der Waals surface area contributed by atoms with Crippen LogP contribution in [0, 0.1) is 10.8 Å². The van der Waals surface area contributed by atoms with Gasteiger partial charge in [0, 0.05) is 5.56 Å². The van der Waals surface area contributed by atoms with Crippen LogP contribution in [-0.4, -0.2) is 34.7 Å². The van der Waals surface area contributed by atoms with Gasteiger partial charge in [-0.15, -0.1) is 11.8 Å². The number of amides is 1. The Hall–Kier alpha value is -1.73. The number of hydroxylamine groups is 1. The monoisotopic (exact) mass is 422 g/mol. The van der Waals surface area contributed by atoms with Gasteiger partial charge in [0.25, 0.3) is 0 Å². The fourth-order valence-corrected chi connectivity index (χ4v) is 3.55. The van der Waals surface area contributed by atoms with E-state index in [1.54, 1.807) is 0 Å². The van der Waals surface area contributed by atoms with Crippen LogP contribution in [0.15, 0.2) is 18.2 Å². The summed E-state index contributed by atoms with van der Waals surface area (Å²) in [7, 11) is 0. The maximum atomic E-state index is 12.1. The number of nitrogens with one attached hydrogen (secondary N) is 2. The SMILES string of the molecule is CSC(=N)c1ccc2c(c1)CC[C@H]([C@](C)(ONC(=O)OC(C)(C)C)C(C)(C)C)O2. The van der Waals surface area contributed by atoms with E-state index in [0.717, 1.165) is 29.7 Å². The summed E-state index contributed by atoms with van der Waals surface area (Å²) >= 11 is 1.42. The second-order valence-electron chi connectivity index (χ2n) is 9.56. The minimum Gasteiger partial charge on any atom is -0.487 e. The minimum absolute atomic E-state index is 0.254. The van der Waals surface area contributed by atoms with Gasteiger partial charge < -0.3 is 9.47 Å². The zero-order chi connectivity index (χ0) is 22.0. The van der Waals surface area contributed by atoms with E-state index in [4.69, 9.17) is 19.7 Å². The zero-order valence-corrected chi connectivity index (χ0v) is 19.6. The molecule has 0 fully saturated rings. The topological polar surface area (TPSA) is 80.6 Å². The Morgan fingerprint density at radius 2 is 1.86 bits per heavy atom. The van der Waals surface area contributed by atoms with Gasteiger partial charge in [-0.05, 0) is 76.0 Å². The molecule has 1 aromatic rings. The third kappa shape index (κ3) is 5.66. The molecule has 0 radical (unpaired) electrons. The standard InChI is InChI=1S/C22H34N2O4S/c1-20(2,3)22(7,28-24-19(25)27-21(4,5)6)17-12-10-14-13-15(18(23)29-8)9-11-16(14)26-17/h9,11,13,17,23H,10,12H2,1-8H3,(H,24,25)/t17-,22+/m1/s1. The number of ether oxygens (including phenoxy) is 2. The number of hydrogen-bond acceptors (Lipinski definition) is 6. The lowest BCUT2D eigenvalue weighted by Crippen LogP contribution is -2.58. The molecule has 29 heavy (non-hydrogen) atoms. The lowest BCUT2D eigenvalue weighted by molar-refractivity contribution is -0.197. The highest BCUT2D eigenvalue weighted by Crippen LogP contribution is 2.42. The van der Waals surface area contributed by atoms with Crippen molar-refractivity contribution in [3.8, 4) is 5.75 Å². The summed E-state index contributed by atoms with van der Waals surface area (Å²) in [4.78, 5) is 18.1. The van der Waals surface area contributed by atoms with E-state index >= 15 is 0 Å². The number of thioether (sulfide) groups is 1. The van der Waals surface area contributed by atoms with Gasteiger partial charge in [0.15, 0.2) is 0 Å². The van der Waals surface area contributed by atoms with Crippen LogP contribution in [0.1, 0.15) is 66.0 Å². The van der Waals surface area contributed by atoms with E-state index in [1.165, 1.54) is 11.8 Å². The molecule has 1 aliphatic heterocycles. The summed E-state index contributed by atoms with van der Waals surface area (Å²) in [6, 6.07) is 5.86. The van der Waals surface area contributed by atoms with E-state index in [1.807, 2.05) is 52.1 Å². The molecule has 0 spiro atoms. The number of hydrogen-bond donors (Lipinski definition) is 2. The summed E-state index contributed by atoms with van der Waals surface area (Å²) in [5.41, 5.74) is 2.76.